The summed E-state index contributed by atoms with van der Waals surface area (Å²) in [5.74, 6) is -0.883. The molecule has 0 amide bonds. The van der Waals surface area contributed by atoms with E-state index in [1.807, 2.05) is 6.92 Å². The molecule has 0 saturated carbocycles. The van der Waals surface area contributed by atoms with Gasteiger partial charge < -0.3 is 5.11 Å². The Labute approximate surface area is 78.8 Å². The minimum atomic E-state index is -0.883. The van der Waals surface area contributed by atoms with Gasteiger partial charge in [0.15, 0.2) is 0 Å². The van der Waals surface area contributed by atoms with Crippen molar-refractivity contribution in [2.45, 2.75) is 33.6 Å². The number of carboxylic acids is 1. The number of carboxylic acid groups (broad SMARTS) is 1. The second-order valence-corrected chi connectivity index (χ2v) is 3.63. The van der Waals surface area contributed by atoms with Gasteiger partial charge in [0.25, 0.3) is 0 Å². The van der Waals surface area contributed by atoms with Crippen LogP contribution in [0.1, 0.15) is 33.6 Å². The molecule has 0 aliphatic carbocycles. The van der Waals surface area contributed by atoms with Crippen LogP contribution >= 0.6 is 0 Å². The smallest absolute Gasteiger partial charge is 0.311 e. The summed E-state index contributed by atoms with van der Waals surface area (Å²) < 4.78 is 0. The fourth-order valence-corrected chi connectivity index (χ4v) is 0.513. The van der Waals surface area contributed by atoms with Crippen molar-refractivity contribution in [3.63, 3.8) is 0 Å². The van der Waals surface area contributed by atoms with Crippen molar-refractivity contribution in [1.29, 1.82) is 0 Å². The molecule has 0 saturated heterocycles. The first-order chi connectivity index (χ1) is 6.00. The summed E-state index contributed by atoms with van der Waals surface area (Å²) in [6, 6.07) is 0. The van der Waals surface area contributed by atoms with Gasteiger partial charge in [-0.3, -0.25) is 4.79 Å². The summed E-state index contributed by atoms with van der Waals surface area (Å²) in [5, 5.41) is 8.71. The number of hydrogen-bond acceptors (Lipinski definition) is 3. The number of aliphatic carboxylic acids is 1. The third kappa shape index (κ3) is 5.60. The van der Waals surface area contributed by atoms with Gasteiger partial charge in [0.1, 0.15) is 0 Å². The van der Waals surface area contributed by atoms with E-state index in [-0.39, 0.29) is 6.61 Å². The first-order valence-electron chi connectivity index (χ1n) is 4.48. The lowest BCUT2D eigenvalue weighted by Crippen LogP contribution is -2.29. The van der Waals surface area contributed by atoms with Gasteiger partial charge in [-0.2, -0.15) is 0 Å². The highest BCUT2D eigenvalue weighted by Crippen LogP contribution is 2.15. The van der Waals surface area contributed by atoms with Crippen molar-refractivity contribution in [3.05, 3.63) is 0 Å². The fourth-order valence-electron chi connectivity index (χ4n) is 0.513. The summed E-state index contributed by atoms with van der Waals surface area (Å²) >= 11 is 0. The van der Waals surface area contributed by atoms with E-state index in [1.54, 1.807) is 13.8 Å². The topological polar surface area (TPSA) is 55.8 Å². The SMILES string of the molecule is CCCCOOCC(C)(C)C(=O)O. The quantitative estimate of drug-likeness (QED) is 0.378. The normalized spacial score (nSPS) is 11.6. The molecule has 0 rings (SSSR count). The largest absolute Gasteiger partial charge is 0.481 e. The van der Waals surface area contributed by atoms with Crippen molar-refractivity contribution in [1.82, 2.24) is 0 Å². The van der Waals surface area contributed by atoms with Gasteiger partial charge in [-0.25, -0.2) is 9.78 Å². The Balaban J connectivity index is 3.46. The van der Waals surface area contributed by atoms with Gasteiger partial charge >= 0.3 is 5.97 Å². The molecular weight excluding hydrogens is 172 g/mol. The predicted octanol–water partition coefficient (Wildman–Crippen LogP) is 1.85. The van der Waals surface area contributed by atoms with Crippen LogP contribution in [0, 0.1) is 5.41 Å². The maximum Gasteiger partial charge on any atom is 0.311 e. The molecule has 4 heteroatoms. The van der Waals surface area contributed by atoms with Crippen LogP contribution in [-0.2, 0) is 14.6 Å². The van der Waals surface area contributed by atoms with E-state index in [9.17, 15) is 4.79 Å². The Hall–Kier alpha value is -0.610. The maximum atomic E-state index is 10.6. The molecule has 0 bridgehead atoms. The first-order valence-corrected chi connectivity index (χ1v) is 4.48. The molecule has 0 atom stereocenters. The van der Waals surface area contributed by atoms with Crippen molar-refractivity contribution in [2.75, 3.05) is 13.2 Å². The van der Waals surface area contributed by atoms with E-state index in [0.29, 0.717) is 6.61 Å². The molecule has 0 aromatic heterocycles. The molecule has 0 aliphatic rings. The van der Waals surface area contributed by atoms with Crippen LogP contribution in [0.25, 0.3) is 0 Å². The average molecular weight is 190 g/mol. The fraction of sp³-hybridized carbons (Fsp3) is 0.889. The summed E-state index contributed by atoms with van der Waals surface area (Å²) in [7, 11) is 0. The van der Waals surface area contributed by atoms with Gasteiger partial charge in [-0.1, -0.05) is 13.3 Å². The second kappa shape index (κ2) is 5.94. The minimum absolute atomic E-state index is 0.0754. The minimum Gasteiger partial charge on any atom is -0.481 e. The van der Waals surface area contributed by atoms with Crippen LogP contribution in [0.2, 0.25) is 0 Å². The highest BCUT2D eigenvalue weighted by Gasteiger charge is 2.27. The maximum absolute atomic E-state index is 10.6. The van der Waals surface area contributed by atoms with Crippen molar-refractivity contribution >= 4 is 5.97 Å². The summed E-state index contributed by atoms with van der Waals surface area (Å²) in [6.45, 7) is 5.83. The van der Waals surface area contributed by atoms with Crippen LogP contribution in [0.4, 0.5) is 0 Å². The van der Waals surface area contributed by atoms with E-state index >= 15 is 0 Å². The van der Waals surface area contributed by atoms with Crippen LogP contribution in [-0.4, -0.2) is 24.3 Å². The van der Waals surface area contributed by atoms with Gasteiger partial charge in [0.05, 0.1) is 18.6 Å². The van der Waals surface area contributed by atoms with Gasteiger partial charge in [0, 0.05) is 0 Å². The Morgan fingerprint density at radius 3 is 2.46 bits per heavy atom. The monoisotopic (exact) mass is 190 g/mol. The Morgan fingerprint density at radius 1 is 1.38 bits per heavy atom. The molecule has 0 heterocycles. The molecule has 0 fully saturated rings. The predicted molar refractivity (Wildman–Crippen MR) is 48.2 cm³/mol. The zero-order chi connectivity index (χ0) is 10.3. The van der Waals surface area contributed by atoms with Crippen molar-refractivity contribution < 1.29 is 19.7 Å². The van der Waals surface area contributed by atoms with E-state index in [4.69, 9.17) is 14.9 Å². The summed E-state index contributed by atoms with van der Waals surface area (Å²) in [5.41, 5.74) is -0.883. The molecular formula is C9H18O4. The highest BCUT2D eigenvalue weighted by atomic mass is 17.2. The molecule has 0 aliphatic heterocycles. The van der Waals surface area contributed by atoms with Crippen LogP contribution in [0.5, 0.6) is 0 Å². The number of carbonyl (C=O) groups is 1. The van der Waals surface area contributed by atoms with Crippen LogP contribution in [0.15, 0.2) is 0 Å². The van der Waals surface area contributed by atoms with E-state index in [0.717, 1.165) is 12.8 Å². The molecule has 4 nitrogen and oxygen atoms in total. The van der Waals surface area contributed by atoms with Crippen LogP contribution < -0.4 is 0 Å². The lowest BCUT2D eigenvalue weighted by Gasteiger charge is -2.17. The summed E-state index contributed by atoms with van der Waals surface area (Å²) in [6.07, 6.45) is 1.96. The Kier molecular flexibility index (Phi) is 5.66. The van der Waals surface area contributed by atoms with Gasteiger partial charge in [0.2, 0.25) is 0 Å². The number of rotatable bonds is 7. The molecule has 0 aromatic rings. The zero-order valence-electron chi connectivity index (χ0n) is 8.50. The van der Waals surface area contributed by atoms with Crippen LogP contribution in [0.3, 0.4) is 0 Å². The Morgan fingerprint density at radius 2 is 2.00 bits per heavy atom. The molecule has 0 unspecified atom stereocenters. The van der Waals surface area contributed by atoms with Crippen molar-refractivity contribution in [3.8, 4) is 0 Å². The molecule has 0 aromatic carbocycles. The summed E-state index contributed by atoms with van der Waals surface area (Å²) in [4.78, 5) is 20.2. The second-order valence-electron chi connectivity index (χ2n) is 3.63. The molecule has 13 heavy (non-hydrogen) atoms. The highest BCUT2D eigenvalue weighted by molar-refractivity contribution is 5.73. The van der Waals surface area contributed by atoms with E-state index in [1.165, 1.54) is 0 Å². The molecule has 0 radical (unpaired) electrons. The number of unbranched alkanes of at least 4 members (excludes halogenated alkanes) is 1. The number of hydrogen-bond donors (Lipinski definition) is 1. The van der Waals surface area contributed by atoms with Gasteiger partial charge in [-0.15, -0.1) is 0 Å². The average Bonchev–Trinajstić information content (AvgIpc) is 2.03. The van der Waals surface area contributed by atoms with Crippen molar-refractivity contribution in [2.24, 2.45) is 5.41 Å². The lowest BCUT2D eigenvalue weighted by molar-refractivity contribution is -0.307. The van der Waals surface area contributed by atoms with Gasteiger partial charge in [-0.05, 0) is 20.3 Å². The molecule has 1 N–H and O–H groups in total. The van der Waals surface area contributed by atoms with E-state index in [2.05, 4.69) is 0 Å². The Bertz CT molecular complexity index is 154. The first kappa shape index (κ1) is 12.4. The lowest BCUT2D eigenvalue weighted by atomic mass is 9.96. The molecule has 78 valence electrons. The molecule has 0 spiro atoms. The zero-order valence-corrected chi connectivity index (χ0v) is 8.50. The van der Waals surface area contributed by atoms with E-state index < -0.39 is 11.4 Å². The third-order valence-electron chi connectivity index (χ3n) is 1.66. The standard InChI is InChI=1S/C9H18O4/c1-4-5-6-12-13-7-9(2,3)8(10)11/h4-7H2,1-3H3,(H,10,11). The third-order valence-corrected chi connectivity index (χ3v) is 1.66.